The number of carbonyl (C=O) groups is 1. The zero-order valence-electron chi connectivity index (χ0n) is 13.0. The summed E-state index contributed by atoms with van der Waals surface area (Å²) in [6.45, 7) is 0. The molecule has 4 nitrogen and oxygen atoms in total. The van der Waals surface area contributed by atoms with Gasteiger partial charge in [-0.25, -0.2) is 9.37 Å². The van der Waals surface area contributed by atoms with E-state index in [1.807, 2.05) is 24.3 Å². The summed E-state index contributed by atoms with van der Waals surface area (Å²) in [5.41, 5.74) is 3.37. The highest BCUT2D eigenvalue weighted by Crippen LogP contribution is 2.36. The second kappa shape index (κ2) is 5.45. The van der Waals surface area contributed by atoms with E-state index in [-0.39, 0.29) is 11.7 Å². The number of rotatable bonds is 2. The van der Waals surface area contributed by atoms with Gasteiger partial charge in [0.1, 0.15) is 5.82 Å². The third-order valence-corrected chi connectivity index (χ3v) is 4.16. The number of imidazole rings is 1. The van der Waals surface area contributed by atoms with E-state index in [0.717, 1.165) is 11.3 Å². The van der Waals surface area contributed by atoms with Crippen LogP contribution in [-0.4, -0.2) is 22.5 Å². The molecule has 2 heterocycles. The largest absolute Gasteiger partial charge is 0.311 e. The van der Waals surface area contributed by atoms with Gasteiger partial charge in [-0.2, -0.15) is 0 Å². The fourth-order valence-corrected chi connectivity index (χ4v) is 2.93. The number of aromatic nitrogens is 2. The summed E-state index contributed by atoms with van der Waals surface area (Å²) >= 11 is 0. The van der Waals surface area contributed by atoms with Crippen molar-refractivity contribution in [2.75, 3.05) is 11.9 Å². The molecule has 0 unspecified atom stereocenters. The van der Waals surface area contributed by atoms with Crippen molar-refractivity contribution in [3.05, 3.63) is 78.1 Å². The summed E-state index contributed by atoms with van der Waals surface area (Å²) in [7, 11) is 1.74. The van der Waals surface area contributed by atoms with E-state index < -0.39 is 0 Å². The first-order valence-electron chi connectivity index (χ1n) is 7.52. The lowest BCUT2D eigenvalue weighted by atomic mass is 10.0. The Labute approximate surface area is 138 Å². The molecule has 3 aromatic rings. The van der Waals surface area contributed by atoms with Crippen molar-refractivity contribution < 1.29 is 9.18 Å². The zero-order valence-corrected chi connectivity index (χ0v) is 13.0. The lowest BCUT2D eigenvalue weighted by Gasteiger charge is -2.08. The predicted octanol–water partition coefficient (Wildman–Crippen LogP) is 3.53. The number of para-hydroxylation sites is 1. The molecule has 0 aliphatic carbocycles. The first-order valence-corrected chi connectivity index (χ1v) is 7.52. The SMILES string of the molecule is CN1C(=O)/C(=C/c2ccc(-n3ccnc3)c(F)c2)c2ccccc21. The maximum Gasteiger partial charge on any atom is 0.258 e. The smallest absolute Gasteiger partial charge is 0.258 e. The average molecular weight is 319 g/mol. The Bertz CT molecular complexity index is 961. The van der Waals surface area contributed by atoms with Crippen molar-refractivity contribution in [2.45, 2.75) is 0 Å². The molecule has 2 aromatic carbocycles. The van der Waals surface area contributed by atoms with Crippen molar-refractivity contribution in [1.82, 2.24) is 9.55 Å². The van der Waals surface area contributed by atoms with Gasteiger partial charge in [0.25, 0.3) is 5.91 Å². The molecule has 1 aromatic heterocycles. The van der Waals surface area contributed by atoms with Crippen LogP contribution in [0.15, 0.2) is 61.2 Å². The van der Waals surface area contributed by atoms with E-state index in [4.69, 9.17) is 0 Å². The Balaban J connectivity index is 1.77. The van der Waals surface area contributed by atoms with Crippen LogP contribution in [-0.2, 0) is 4.79 Å². The van der Waals surface area contributed by atoms with E-state index in [2.05, 4.69) is 4.98 Å². The van der Waals surface area contributed by atoms with Crippen molar-refractivity contribution in [1.29, 1.82) is 0 Å². The maximum absolute atomic E-state index is 14.4. The molecular weight excluding hydrogens is 305 g/mol. The van der Waals surface area contributed by atoms with Crippen LogP contribution < -0.4 is 4.90 Å². The summed E-state index contributed by atoms with van der Waals surface area (Å²) in [4.78, 5) is 18.0. The number of likely N-dealkylation sites (N-methyl/N-ethyl adjacent to an activating group) is 1. The monoisotopic (exact) mass is 319 g/mol. The van der Waals surface area contributed by atoms with Crippen LogP contribution in [0.2, 0.25) is 0 Å². The molecular formula is C19H14FN3O. The molecule has 0 atom stereocenters. The molecule has 4 rings (SSSR count). The van der Waals surface area contributed by atoms with Gasteiger partial charge in [-0.3, -0.25) is 4.79 Å². The lowest BCUT2D eigenvalue weighted by Crippen LogP contribution is -2.20. The highest BCUT2D eigenvalue weighted by molar-refractivity contribution is 6.35. The highest BCUT2D eigenvalue weighted by atomic mass is 19.1. The van der Waals surface area contributed by atoms with Crippen molar-refractivity contribution in [3.63, 3.8) is 0 Å². The number of hydrogen-bond acceptors (Lipinski definition) is 2. The van der Waals surface area contributed by atoms with Gasteiger partial charge in [0.05, 0.1) is 17.7 Å². The van der Waals surface area contributed by atoms with Gasteiger partial charge in [-0.05, 0) is 29.8 Å². The van der Waals surface area contributed by atoms with E-state index in [1.54, 1.807) is 53.4 Å². The second-order valence-corrected chi connectivity index (χ2v) is 5.62. The summed E-state index contributed by atoms with van der Waals surface area (Å²) in [5, 5.41) is 0. The Morgan fingerprint density at radius 3 is 2.71 bits per heavy atom. The van der Waals surface area contributed by atoms with Crippen molar-refractivity contribution in [2.24, 2.45) is 0 Å². The number of carbonyl (C=O) groups excluding carboxylic acids is 1. The highest BCUT2D eigenvalue weighted by Gasteiger charge is 2.28. The van der Waals surface area contributed by atoms with Gasteiger partial charge in [0, 0.05) is 30.6 Å². The number of halogens is 1. The number of amides is 1. The van der Waals surface area contributed by atoms with Crippen LogP contribution in [0, 0.1) is 5.82 Å². The molecule has 0 bridgehead atoms. The summed E-state index contributed by atoms with van der Waals surface area (Å²) in [6, 6.07) is 12.5. The minimum absolute atomic E-state index is 0.0877. The van der Waals surface area contributed by atoms with Gasteiger partial charge < -0.3 is 9.47 Å². The molecule has 5 heteroatoms. The topological polar surface area (TPSA) is 38.1 Å². The van der Waals surface area contributed by atoms with Crippen LogP contribution in [0.1, 0.15) is 11.1 Å². The van der Waals surface area contributed by atoms with Crippen LogP contribution in [0.25, 0.3) is 17.3 Å². The minimum atomic E-state index is -0.366. The van der Waals surface area contributed by atoms with Gasteiger partial charge in [0.15, 0.2) is 0 Å². The van der Waals surface area contributed by atoms with Gasteiger partial charge in [-0.1, -0.05) is 24.3 Å². The average Bonchev–Trinajstić information content (AvgIpc) is 3.19. The van der Waals surface area contributed by atoms with Crippen molar-refractivity contribution in [3.8, 4) is 5.69 Å². The summed E-state index contributed by atoms with van der Waals surface area (Å²) in [5.74, 6) is -0.454. The molecule has 0 N–H and O–H groups in total. The molecule has 0 fully saturated rings. The van der Waals surface area contributed by atoms with Gasteiger partial charge in [-0.15, -0.1) is 0 Å². The molecule has 0 saturated carbocycles. The predicted molar refractivity (Wildman–Crippen MR) is 91.2 cm³/mol. The summed E-state index contributed by atoms with van der Waals surface area (Å²) in [6.07, 6.45) is 6.55. The third-order valence-electron chi connectivity index (χ3n) is 4.16. The first-order chi connectivity index (χ1) is 11.6. The Kier molecular flexibility index (Phi) is 3.27. The fraction of sp³-hybridized carbons (Fsp3) is 0.0526. The van der Waals surface area contributed by atoms with E-state index in [1.165, 1.54) is 6.07 Å². The number of anilines is 1. The first kappa shape index (κ1) is 14.4. The number of benzene rings is 2. The summed E-state index contributed by atoms with van der Waals surface area (Å²) < 4.78 is 16.0. The fourth-order valence-electron chi connectivity index (χ4n) is 2.93. The Morgan fingerprint density at radius 2 is 1.96 bits per heavy atom. The van der Waals surface area contributed by atoms with Crippen LogP contribution >= 0.6 is 0 Å². The molecule has 118 valence electrons. The normalized spacial score (nSPS) is 15.2. The second-order valence-electron chi connectivity index (χ2n) is 5.62. The molecule has 1 aliphatic heterocycles. The van der Waals surface area contributed by atoms with Crippen LogP contribution in [0.4, 0.5) is 10.1 Å². The quantitative estimate of drug-likeness (QED) is 0.678. The van der Waals surface area contributed by atoms with Crippen LogP contribution in [0.5, 0.6) is 0 Å². The standard InChI is InChI=1S/C19H14FN3O/c1-22-17-5-3-2-4-14(17)15(19(22)24)10-13-6-7-18(16(20)11-13)23-9-8-21-12-23/h2-12H,1H3/b15-10+. The number of hydrogen-bond donors (Lipinski definition) is 0. The minimum Gasteiger partial charge on any atom is -0.311 e. The van der Waals surface area contributed by atoms with E-state index in [9.17, 15) is 9.18 Å². The molecule has 0 spiro atoms. The number of nitrogens with zero attached hydrogens (tertiary/aromatic N) is 3. The van der Waals surface area contributed by atoms with Gasteiger partial charge >= 0.3 is 0 Å². The van der Waals surface area contributed by atoms with Crippen molar-refractivity contribution >= 4 is 23.2 Å². The Morgan fingerprint density at radius 1 is 1.12 bits per heavy atom. The third kappa shape index (κ3) is 2.22. The molecule has 1 aliphatic rings. The molecule has 0 radical (unpaired) electrons. The zero-order chi connectivity index (χ0) is 16.7. The molecule has 1 amide bonds. The molecule has 0 saturated heterocycles. The maximum atomic E-state index is 14.4. The molecule has 24 heavy (non-hydrogen) atoms. The lowest BCUT2D eigenvalue weighted by molar-refractivity contribution is -0.112. The van der Waals surface area contributed by atoms with E-state index >= 15 is 0 Å². The van der Waals surface area contributed by atoms with Crippen LogP contribution in [0.3, 0.4) is 0 Å². The van der Waals surface area contributed by atoms with Gasteiger partial charge in [0.2, 0.25) is 0 Å². The van der Waals surface area contributed by atoms with E-state index in [0.29, 0.717) is 16.8 Å². The Hall–Kier alpha value is -3.21. The number of fused-ring (bicyclic) bond motifs is 1.